The van der Waals surface area contributed by atoms with E-state index in [0.29, 0.717) is 6.04 Å². The largest absolute Gasteiger partial charge is 0.376 e. The first-order valence-corrected chi connectivity index (χ1v) is 10.3. The summed E-state index contributed by atoms with van der Waals surface area (Å²) < 4.78 is 0. The van der Waals surface area contributed by atoms with Crippen LogP contribution in [0.4, 0.5) is 5.69 Å². The first-order chi connectivity index (χ1) is 14.4. The maximum Gasteiger partial charge on any atom is 0.0939 e. The van der Waals surface area contributed by atoms with E-state index in [1.54, 1.807) is 0 Å². The molecule has 2 heteroatoms. The smallest absolute Gasteiger partial charge is 0.0939 e. The molecule has 0 fully saturated rings. The average Bonchev–Trinajstić information content (AvgIpc) is 2.79. The summed E-state index contributed by atoms with van der Waals surface area (Å²) in [5.41, 5.74) is 7.64. The molecule has 0 radical (unpaired) electrons. The topological polar surface area (TPSA) is 24.9 Å². The molecule has 1 aromatic heterocycles. The summed E-state index contributed by atoms with van der Waals surface area (Å²) in [6, 6.07) is 30.3. The molecule has 1 aliphatic heterocycles. The van der Waals surface area contributed by atoms with E-state index in [2.05, 4.69) is 95.2 Å². The van der Waals surface area contributed by atoms with Crippen molar-refractivity contribution in [3.8, 4) is 0 Å². The van der Waals surface area contributed by atoms with E-state index in [-0.39, 0.29) is 0 Å². The third kappa shape index (κ3) is 3.79. The van der Waals surface area contributed by atoms with Gasteiger partial charge in [-0.2, -0.15) is 0 Å². The Morgan fingerprint density at radius 3 is 2.31 bits per heavy atom. The quantitative estimate of drug-likeness (QED) is 0.443. The third-order valence-corrected chi connectivity index (χ3v) is 5.73. The van der Waals surface area contributed by atoms with Gasteiger partial charge in [0.05, 0.1) is 11.2 Å². The molecule has 0 bridgehead atoms. The van der Waals surface area contributed by atoms with E-state index in [1.807, 2.05) is 12.3 Å². The van der Waals surface area contributed by atoms with E-state index in [4.69, 9.17) is 0 Å². The number of anilines is 1. The Hall–Kier alpha value is -3.39. The number of aromatic nitrogens is 1. The molecule has 1 unspecified atom stereocenters. The van der Waals surface area contributed by atoms with Crippen molar-refractivity contribution in [3.05, 3.63) is 113 Å². The Labute approximate surface area is 171 Å². The summed E-state index contributed by atoms with van der Waals surface area (Å²) in [6.45, 7) is 0. The van der Waals surface area contributed by atoms with Crippen LogP contribution in [0.3, 0.4) is 0 Å². The fourth-order valence-electron chi connectivity index (χ4n) is 4.22. The molecule has 1 N–H and O–H groups in total. The molecule has 0 amide bonds. The zero-order chi connectivity index (χ0) is 19.5. The monoisotopic (exact) mass is 376 g/mol. The average molecular weight is 377 g/mol. The van der Waals surface area contributed by atoms with Crippen molar-refractivity contribution in [2.24, 2.45) is 0 Å². The molecule has 5 rings (SSSR count). The molecular formula is C27H24N2. The van der Waals surface area contributed by atoms with Gasteiger partial charge < -0.3 is 5.32 Å². The van der Waals surface area contributed by atoms with Crippen LogP contribution in [0.5, 0.6) is 0 Å². The maximum absolute atomic E-state index is 4.66. The van der Waals surface area contributed by atoms with Crippen LogP contribution in [-0.4, -0.2) is 11.0 Å². The Bertz CT molecular complexity index is 1150. The normalized spacial score (nSPS) is 15.4. The van der Waals surface area contributed by atoms with Crippen molar-refractivity contribution >= 4 is 22.7 Å². The summed E-state index contributed by atoms with van der Waals surface area (Å²) in [6.07, 6.45) is 7.34. The summed E-state index contributed by atoms with van der Waals surface area (Å²) in [5.74, 6) is 0. The lowest BCUT2D eigenvalue weighted by atomic mass is 9.88. The Morgan fingerprint density at radius 1 is 0.759 bits per heavy atom. The van der Waals surface area contributed by atoms with Crippen LogP contribution in [0.15, 0.2) is 96.7 Å². The fraction of sp³-hybridized carbons (Fsp3) is 0.148. The Morgan fingerprint density at radius 2 is 1.52 bits per heavy atom. The summed E-state index contributed by atoms with van der Waals surface area (Å²) >= 11 is 0. The Balaban J connectivity index is 1.50. The second-order valence-corrected chi connectivity index (χ2v) is 7.71. The standard InChI is InChI=1S/C27H24N2/c1-3-8-20(9-4-1)13-16-25-24(18-21-10-5-2-6-11-21)19-23-15-14-22-12-7-17-28-26(22)27(23)29-25/h1-12,14-15,17,19,25,29H,13,16,18H2. The van der Waals surface area contributed by atoms with Gasteiger partial charge in [-0.1, -0.05) is 84.9 Å². The lowest BCUT2D eigenvalue weighted by molar-refractivity contribution is 0.711. The fourth-order valence-corrected chi connectivity index (χ4v) is 4.22. The molecular weight excluding hydrogens is 352 g/mol. The van der Waals surface area contributed by atoms with Gasteiger partial charge in [0.2, 0.25) is 0 Å². The van der Waals surface area contributed by atoms with Gasteiger partial charge in [0.1, 0.15) is 0 Å². The zero-order valence-electron chi connectivity index (χ0n) is 16.4. The number of pyridine rings is 1. The minimum Gasteiger partial charge on any atom is -0.376 e. The van der Waals surface area contributed by atoms with Crippen molar-refractivity contribution in [2.75, 3.05) is 5.32 Å². The van der Waals surface area contributed by atoms with Crippen LogP contribution in [0, 0.1) is 0 Å². The minimum atomic E-state index is 0.301. The van der Waals surface area contributed by atoms with Gasteiger partial charge in [-0.05, 0) is 47.6 Å². The number of nitrogens with zero attached hydrogens (tertiary/aromatic N) is 1. The van der Waals surface area contributed by atoms with Crippen LogP contribution in [0.2, 0.25) is 0 Å². The molecule has 4 aromatic rings. The highest BCUT2D eigenvalue weighted by Gasteiger charge is 2.22. The van der Waals surface area contributed by atoms with Gasteiger partial charge in [-0.3, -0.25) is 4.98 Å². The molecule has 3 aromatic carbocycles. The lowest BCUT2D eigenvalue weighted by Gasteiger charge is -2.29. The molecule has 0 saturated heterocycles. The van der Waals surface area contributed by atoms with Crippen LogP contribution in [-0.2, 0) is 12.8 Å². The molecule has 29 heavy (non-hydrogen) atoms. The molecule has 0 saturated carbocycles. The van der Waals surface area contributed by atoms with Crippen LogP contribution in [0.25, 0.3) is 17.0 Å². The van der Waals surface area contributed by atoms with Gasteiger partial charge >= 0.3 is 0 Å². The number of hydrogen-bond acceptors (Lipinski definition) is 2. The molecule has 2 nitrogen and oxygen atoms in total. The predicted octanol–water partition coefficient (Wildman–Crippen LogP) is 6.29. The summed E-state index contributed by atoms with van der Waals surface area (Å²) in [5, 5.41) is 5.03. The number of aryl methyl sites for hydroxylation is 1. The van der Waals surface area contributed by atoms with E-state index >= 15 is 0 Å². The first kappa shape index (κ1) is 17.7. The Kier molecular flexibility index (Phi) is 4.83. The second kappa shape index (κ2) is 7.92. The van der Waals surface area contributed by atoms with Crippen molar-refractivity contribution < 1.29 is 0 Å². The van der Waals surface area contributed by atoms with Gasteiger partial charge in [-0.15, -0.1) is 0 Å². The van der Waals surface area contributed by atoms with Crippen molar-refractivity contribution in [2.45, 2.75) is 25.3 Å². The summed E-state index contributed by atoms with van der Waals surface area (Å²) in [4.78, 5) is 4.66. The van der Waals surface area contributed by atoms with Gasteiger partial charge in [0.25, 0.3) is 0 Å². The molecule has 0 aliphatic carbocycles. The number of benzene rings is 3. The highest BCUT2D eigenvalue weighted by molar-refractivity contribution is 5.96. The summed E-state index contributed by atoms with van der Waals surface area (Å²) in [7, 11) is 0. The number of rotatable bonds is 5. The van der Waals surface area contributed by atoms with Gasteiger partial charge in [0, 0.05) is 17.6 Å². The SMILES string of the molecule is C1=C(Cc2ccccc2)C(CCc2ccccc2)Nc2c1ccc1cccnc21. The maximum atomic E-state index is 4.66. The van der Waals surface area contributed by atoms with E-state index < -0.39 is 0 Å². The van der Waals surface area contributed by atoms with E-state index in [0.717, 1.165) is 30.5 Å². The second-order valence-electron chi connectivity index (χ2n) is 7.71. The first-order valence-electron chi connectivity index (χ1n) is 10.3. The van der Waals surface area contributed by atoms with Crippen molar-refractivity contribution in [1.29, 1.82) is 0 Å². The highest BCUT2D eigenvalue weighted by atomic mass is 14.9. The van der Waals surface area contributed by atoms with Gasteiger partial charge in [0.15, 0.2) is 0 Å². The molecule has 2 heterocycles. The third-order valence-electron chi connectivity index (χ3n) is 5.73. The van der Waals surface area contributed by atoms with E-state index in [9.17, 15) is 0 Å². The van der Waals surface area contributed by atoms with E-state index in [1.165, 1.54) is 27.6 Å². The number of nitrogens with one attached hydrogen (secondary N) is 1. The molecule has 1 aliphatic rings. The minimum absolute atomic E-state index is 0.301. The van der Waals surface area contributed by atoms with Crippen molar-refractivity contribution in [3.63, 3.8) is 0 Å². The van der Waals surface area contributed by atoms with Gasteiger partial charge in [-0.25, -0.2) is 0 Å². The lowest BCUT2D eigenvalue weighted by Crippen LogP contribution is -2.27. The zero-order valence-corrected chi connectivity index (χ0v) is 16.4. The predicted molar refractivity (Wildman–Crippen MR) is 122 cm³/mol. The van der Waals surface area contributed by atoms with Crippen LogP contribution >= 0.6 is 0 Å². The number of fused-ring (bicyclic) bond motifs is 3. The molecule has 142 valence electrons. The number of hydrogen-bond donors (Lipinski definition) is 1. The van der Waals surface area contributed by atoms with Crippen LogP contribution < -0.4 is 5.32 Å². The molecule has 1 atom stereocenters. The van der Waals surface area contributed by atoms with Crippen LogP contribution in [0.1, 0.15) is 23.1 Å². The molecule has 0 spiro atoms. The highest BCUT2D eigenvalue weighted by Crippen LogP contribution is 2.35. The van der Waals surface area contributed by atoms with Crippen molar-refractivity contribution in [1.82, 2.24) is 4.98 Å².